The second-order valence-electron chi connectivity index (χ2n) is 5.04. The number of nitrogens with one attached hydrogen (secondary N) is 3. The molecule has 24 heavy (non-hydrogen) atoms. The van der Waals surface area contributed by atoms with Crippen LogP contribution in [0.25, 0.3) is 0 Å². The Kier molecular flexibility index (Phi) is 4.59. The molecule has 14 heteroatoms. The summed E-state index contributed by atoms with van der Waals surface area (Å²) < 4.78 is 21.0. The van der Waals surface area contributed by atoms with Gasteiger partial charge in [0.2, 0.25) is 5.95 Å². The zero-order valence-corrected chi connectivity index (χ0v) is 14.5. The van der Waals surface area contributed by atoms with Crippen LogP contribution in [0.4, 0.5) is 17.5 Å². The maximum atomic E-state index is 11.9. The van der Waals surface area contributed by atoms with Crippen molar-refractivity contribution >= 4 is 50.5 Å². The molecule has 0 spiro atoms. The third-order valence-corrected chi connectivity index (χ3v) is 5.10. The van der Waals surface area contributed by atoms with Crippen molar-refractivity contribution in [2.24, 2.45) is 0 Å². The molecule has 0 fully saturated rings. The fourth-order valence-electron chi connectivity index (χ4n) is 2.35. The third kappa shape index (κ3) is 3.42. The third-order valence-electron chi connectivity index (χ3n) is 3.39. The van der Waals surface area contributed by atoms with Crippen LogP contribution < -0.4 is 21.9 Å². The number of hydrogen-bond donors (Lipinski definition) is 8. The van der Waals surface area contributed by atoms with E-state index < -0.39 is 38.4 Å². The molecule has 0 radical (unpaired) electrons. The van der Waals surface area contributed by atoms with Gasteiger partial charge in [0.1, 0.15) is 17.8 Å². The maximum Gasteiger partial charge on any atom is 0.469 e. The Morgan fingerprint density at radius 1 is 1.33 bits per heavy atom. The molecule has 0 saturated carbocycles. The number of aromatic nitrogens is 2. The lowest BCUT2D eigenvalue weighted by Crippen LogP contribution is -2.52. The summed E-state index contributed by atoms with van der Waals surface area (Å²) in [5, 5.41) is 5.84. The zero-order valence-electron chi connectivity index (χ0n) is 11.8. The van der Waals surface area contributed by atoms with Crippen LogP contribution >= 0.6 is 33.1 Å². The molecule has 3 atom stereocenters. The molecule has 1 aromatic rings. The van der Waals surface area contributed by atoms with Crippen molar-refractivity contribution in [3.8, 4) is 0 Å². The Bertz CT molecular complexity index is 809. The van der Waals surface area contributed by atoms with Gasteiger partial charge in [0.15, 0.2) is 12.0 Å². The first-order valence-electron chi connectivity index (χ1n) is 6.56. The normalized spacial score (nSPS) is 26.2. The lowest BCUT2D eigenvalue weighted by Gasteiger charge is -2.41. The van der Waals surface area contributed by atoms with Gasteiger partial charge >= 0.3 is 7.82 Å². The first-order chi connectivity index (χ1) is 11.2. The standard InChI is InChI=1S/C10H14N5O6PS2/c11-10-14-7-4(8(16)15-10)12-3-6(24)5(23)2(21-9(3)13-7)1-20-22(17,18)19/h2-3,9,12,23-24H,1H2,(H2,17,18,19)(H4,11,13,14,15,16)/t2?,3?,9-/m1/s1. The molecule has 0 bridgehead atoms. The van der Waals surface area contributed by atoms with Gasteiger partial charge in [-0.2, -0.15) is 4.98 Å². The topological polar surface area (TPSA) is 172 Å². The number of ether oxygens (including phenoxy) is 1. The number of thiol groups is 2. The summed E-state index contributed by atoms with van der Waals surface area (Å²) in [5.74, 6) is 0.121. The molecular formula is C10H14N5O6PS2. The highest BCUT2D eigenvalue weighted by Gasteiger charge is 2.40. The molecule has 0 aromatic carbocycles. The first-order valence-corrected chi connectivity index (χ1v) is 8.98. The van der Waals surface area contributed by atoms with Crippen molar-refractivity contribution in [3.63, 3.8) is 0 Å². The fourth-order valence-corrected chi connectivity index (χ4v) is 3.30. The van der Waals surface area contributed by atoms with E-state index in [2.05, 4.69) is 50.4 Å². The number of aromatic amines is 1. The molecule has 132 valence electrons. The number of phosphoric acid groups is 1. The van der Waals surface area contributed by atoms with E-state index in [9.17, 15) is 9.36 Å². The van der Waals surface area contributed by atoms with Gasteiger partial charge in [-0.15, -0.1) is 25.3 Å². The predicted octanol–water partition coefficient (Wildman–Crippen LogP) is -0.537. The number of nitrogens with two attached hydrogens (primary N) is 1. The van der Waals surface area contributed by atoms with E-state index in [0.29, 0.717) is 9.81 Å². The summed E-state index contributed by atoms with van der Waals surface area (Å²) in [6.07, 6.45) is -1.58. The van der Waals surface area contributed by atoms with Gasteiger partial charge in [-0.1, -0.05) is 0 Å². The van der Waals surface area contributed by atoms with E-state index in [1.54, 1.807) is 0 Å². The van der Waals surface area contributed by atoms with Crippen LogP contribution in [0.15, 0.2) is 14.6 Å². The Hall–Kier alpha value is -1.21. The summed E-state index contributed by atoms with van der Waals surface area (Å²) in [4.78, 5) is 36.7. The highest BCUT2D eigenvalue weighted by Crippen LogP contribution is 2.40. The smallest absolute Gasteiger partial charge is 0.369 e. The Labute approximate surface area is 146 Å². The number of nitrogen functional groups attached to an aromatic ring is 1. The van der Waals surface area contributed by atoms with Crippen LogP contribution in [0.2, 0.25) is 0 Å². The zero-order chi connectivity index (χ0) is 17.6. The molecule has 0 saturated heterocycles. The predicted molar refractivity (Wildman–Crippen MR) is 92.0 cm³/mol. The van der Waals surface area contributed by atoms with Gasteiger partial charge in [-0.25, -0.2) is 4.57 Å². The van der Waals surface area contributed by atoms with Crippen LogP contribution in [-0.4, -0.2) is 44.7 Å². The van der Waals surface area contributed by atoms with Crippen LogP contribution in [0, 0.1) is 0 Å². The molecule has 0 aliphatic carbocycles. The van der Waals surface area contributed by atoms with E-state index in [0.717, 1.165) is 0 Å². The average Bonchev–Trinajstić information content (AvgIpc) is 2.47. The fraction of sp³-hybridized carbons (Fsp3) is 0.400. The minimum Gasteiger partial charge on any atom is -0.369 e. The minimum atomic E-state index is -4.65. The monoisotopic (exact) mass is 395 g/mol. The number of H-pyrrole nitrogens is 1. The van der Waals surface area contributed by atoms with E-state index in [4.69, 9.17) is 20.3 Å². The number of rotatable bonds is 3. The lowest BCUT2D eigenvalue weighted by atomic mass is 10.1. The minimum absolute atomic E-state index is 0.0692. The van der Waals surface area contributed by atoms with Crippen LogP contribution in [0.5, 0.6) is 0 Å². The summed E-state index contributed by atoms with van der Waals surface area (Å²) in [6, 6.07) is -0.550. The molecule has 3 rings (SSSR count). The number of nitrogens with zero attached hydrogens (tertiary/aromatic N) is 1. The molecule has 2 aliphatic heterocycles. The van der Waals surface area contributed by atoms with Crippen molar-refractivity contribution in [2.75, 3.05) is 23.0 Å². The van der Waals surface area contributed by atoms with E-state index >= 15 is 0 Å². The summed E-state index contributed by atoms with van der Waals surface area (Å²) in [6.45, 7) is -0.421. The number of phosphoric ester groups is 1. The summed E-state index contributed by atoms with van der Waals surface area (Å²) >= 11 is 8.63. The molecule has 3 heterocycles. The van der Waals surface area contributed by atoms with Crippen molar-refractivity contribution in [3.05, 3.63) is 20.2 Å². The van der Waals surface area contributed by atoms with E-state index in [1.807, 2.05) is 0 Å². The number of hydrogen-bond acceptors (Lipinski definition) is 10. The second kappa shape index (κ2) is 6.26. The molecule has 11 nitrogen and oxygen atoms in total. The van der Waals surface area contributed by atoms with Crippen molar-refractivity contribution in [1.82, 2.24) is 9.97 Å². The lowest BCUT2D eigenvalue weighted by molar-refractivity contribution is -0.0153. The van der Waals surface area contributed by atoms with Gasteiger partial charge in [-0.3, -0.25) is 14.3 Å². The molecule has 2 unspecified atom stereocenters. The van der Waals surface area contributed by atoms with E-state index in [1.165, 1.54) is 0 Å². The van der Waals surface area contributed by atoms with Crippen molar-refractivity contribution < 1.29 is 23.6 Å². The molecule has 0 amide bonds. The molecule has 2 aliphatic rings. The number of anilines is 3. The van der Waals surface area contributed by atoms with Gasteiger partial charge in [0, 0.05) is 9.81 Å². The van der Waals surface area contributed by atoms with Gasteiger partial charge in [0.25, 0.3) is 5.56 Å². The highest BCUT2D eigenvalue weighted by atomic mass is 32.1. The van der Waals surface area contributed by atoms with Crippen LogP contribution in [0.1, 0.15) is 0 Å². The quantitative estimate of drug-likeness (QED) is 0.245. The number of fused-ring (bicyclic) bond motifs is 2. The van der Waals surface area contributed by atoms with E-state index in [-0.39, 0.29) is 17.5 Å². The summed E-state index contributed by atoms with van der Waals surface area (Å²) in [7, 11) is -4.65. The second-order valence-corrected chi connectivity index (χ2v) is 7.25. The molecule has 7 N–H and O–H groups in total. The largest absolute Gasteiger partial charge is 0.469 e. The average molecular weight is 395 g/mol. The first kappa shape index (κ1) is 17.6. The van der Waals surface area contributed by atoms with Gasteiger partial charge < -0.3 is 30.9 Å². The van der Waals surface area contributed by atoms with Crippen molar-refractivity contribution in [1.29, 1.82) is 0 Å². The maximum absolute atomic E-state index is 11.9. The Morgan fingerprint density at radius 3 is 2.71 bits per heavy atom. The summed E-state index contributed by atoms with van der Waals surface area (Å²) in [5.41, 5.74) is 5.22. The van der Waals surface area contributed by atoms with Crippen LogP contribution in [-0.2, 0) is 13.8 Å². The SMILES string of the molecule is Nc1nc2c(c(=O)[nH]1)NC1C(S)=C(S)C(COP(=O)(O)O)O[C@H]1N2. The Balaban J connectivity index is 1.88. The van der Waals surface area contributed by atoms with Crippen LogP contribution in [0.3, 0.4) is 0 Å². The van der Waals surface area contributed by atoms with Gasteiger partial charge in [-0.05, 0) is 0 Å². The van der Waals surface area contributed by atoms with Gasteiger partial charge in [0.05, 0.1) is 6.61 Å². The molecular weight excluding hydrogens is 381 g/mol. The Morgan fingerprint density at radius 2 is 2.04 bits per heavy atom. The molecule has 1 aromatic heterocycles. The highest BCUT2D eigenvalue weighted by molar-refractivity contribution is 7.88. The van der Waals surface area contributed by atoms with Crippen molar-refractivity contribution in [2.45, 2.75) is 18.4 Å².